The molecule has 4 aromatic rings. The highest BCUT2D eigenvalue weighted by molar-refractivity contribution is 7.84. The van der Waals surface area contributed by atoms with E-state index in [-0.39, 0.29) is 5.16 Å². The predicted molar refractivity (Wildman–Crippen MR) is 89.0 cm³/mol. The summed E-state index contributed by atoms with van der Waals surface area (Å²) in [6.45, 7) is 0. The first-order chi connectivity index (χ1) is 11.2. The molecule has 0 saturated carbocycles. The molecule has 114 valence electrons. The van der Waals surface area contributed by atoms with Crippen molar-refractivity contribution in [2.24, 2.45) is 0 Å². The Morgan fingerprint density at radius 1 is 1.17 bits per heavy atom. The van der Waals surface area contributed by atoms with E-state index in [4.69, 9.17) is 0 Å². The summed E-state index contributed by atoms with van der Waals surface area (Å²) in [7, 11) is -1.26. The monoisotopic (exact) mass is 324 g/mol. The second kappa shape index (κ2) is 5.40. The van der Waals surface area contributed by atoms with Gasteiger partial charge in [0.15, 0.2) is 5.82 Å². The van der Waals surface area contributed by atoms with E-state index < -0.39 is 10.8 Å². The van der Waals surface area contributed by atoms with Crippen LogP contribution in [0.4, 0.5) is 11.5 Å². The Bertz CT molecular complexity index is 1040. The Kier molecular flexibility index (Phi) is 3.23. The highest BCUT2D eigenvalue weighted by atomic mass is 32.2. The highest BCUT2D eigenvalue weighted by Crippen LogP contribution is 2.24. The summed E-state index contributed by atoms with van der Waals surface area (Å²) in [5.74, 6) is 0.555. The zero-order chi connectivity index (χ0) is 15.8. The van der Waals surface area contributed by atoms with Crippen molar-refractivity contribution in [1.82, 2.24) is 24.9 Å². The van der Waals surface area contributed by atoms with Gasteiger partial charge in [-0.25, -0.2) is 19.9 Å². The quantitative estimate of drug-likeness (QED) is 0.562. The van der Waals surface area contributed by atoms with Crippen LogP contribution in [-0.2, 0) is 10.8 Å². The standard InChI is InChI=1S/C15H12N6OS/c1-23(22)15-17-7-12-13(21-15)14(19-8-18-12)20-10-2-3-11-9(6-10)4-5-16-11/h2-8,16H,1H3,(H,18,19,20). The van der Waals surface area contributed by atoms with Crippen LogP contribution in [0.1, 0.15) is 0 Å². The normalized spacial score (nSPS) is 12.6. The van der Waals surface area contributed by atoms with Crippen molar-refractivity contribution in [3.63, 3.8) is 0 Å². The first kappa shape index (κ1) is 13.8. The van der Waals surface area contributed by atoms with Crippen LogP contribution in [0, 0.1) is 0 Å². The minimum atomic E-state index is -1.26. The van der Waals surface area contributed by atoms with Crippen molar-refractivity contribution < 1.29 is 4.21 Å². The van der Waals surface area contributed by atoms with Gasteiger partial charge in [-0.2, -0.15) is 0 Å². The summed E-state index contributed by atoms with van der Waals surface area (Å²) < 4.78 is 11.6. The molecule has 0 spiro atoms. The first-order valence-electron chi connectivity index (χ1n) is 6.86. The van der Waals surface area contributed by atoms with E-state index in [9.17, 15) is 4.21 Å². The van der Waals surface area contributed by atoms with Crippen molar-refractivity contribution in [2.45, 2.75) is 5.16 Å². The van der Waals surface area contributed by atoms with Gasteiger partial charge < -0.3 is 10.3 Å². The van der Waals surface area contributed by atoms with Gasteiger partial charge in [-0.05, 0) is 24.3 Å². The maximum Gasteiger partial charge on any atom is 0.218 e. The number of benzene rings is 1. The lowest BCUT2D eigenvalue weighted by molar-refractivity contribution is 0.680. The van der Waals surface area contributed by atoms with E-state index in [0.29, 0.717) is 16.9 Å². The molecule has 1 unspecified atom stereocenters. The summed E-state index contributed by atoms with van der Waals surface area (Å²) in [4.78, 5) is 19.9. The SMILES string of the molecule is CS(=O)c1ncc2ncnc(Nc3ccc4[nH]ccc4c3)c2n1. The third-order valence-corrected chi connectivity index (χ3v) is 4.14. The molecule has 23 heavy (non-hydrogen) atoms. The van der Waals surface area contributed by atoms with E-state index in [1.807, 2.05) is 30.5 Å². The minimum Gasteiger partial charge on any atom is -0.361 e. The molecule has 0 aliphatic heterocycles. The van der Waals surface area contributed by atoms with Gasteiger partial charge in [0.1, 0.15) is 17.4 Å². The fourth-order valence-corrected chi connectivity index (χ4v) is 2.76. The molecule has 0 bridgehead atoms. The molecule has 4 rings (SSSR count). The van der Waals surface area contributed by atoms with E-state index in [1.54, 1.807) is 6.20 Å². The molecule has 0 aliphatic carbocycles. The van der Waals surface area contributed by atoms with Crippen molar-refractivity contribution in [3.8, 4) is 0 Å². The largest absolute Gasteiger partial charge is 0.361 e. The average Bonchev–Trinajstić information content (AvgIpc) is 3.02. The van der Waals surface area contributed by atoms with Gasteiger partial charge >= 0.3 is 0 Å². The number of aromatic amines is 1. The van der Waals surface area contributed by atoms with Crippen LogP contribution in [0.15, 0.2) is 48.1 Å². The zero-order valence-electron chi connectivity index (χ0n) is 12.1. The second-order valence-corrected chi connectivity index (χ2v) is 6.24. The molecule has 3 aromatic heterocycles. The number of hydrogen-bond acceptors (Lipinski definition) is 6. The van der Waals surface area contributed by atoms with Gasteiger partial charge in [0.2, 0.25) is 5.16 Å². The summed E-state index contributed by atoms with van der Waals surface area (Å²) >= 11 is 0. The molecule has 1 aromatic carbocycles. The van der Waals surface area contributed by atoms with Crippen LogP contribution >= 0.6 is 0 Å². The van der Waals surface area contributed by atoms with E-state index in [2.05, 4.69) is 30.2 Å². The zero-order valence-corrected chi connectivity index (χ0v) is 13.0. The van der Waals surface area contributed by atoms with Crippen LogP contribution in [0.25, 0.3) is 21.9 Å². The lowest BCUT2D eigenvalue weighted by atomic mass is 10.2. The van der Waals surface area contributed by atoms with Gasteiger partial charge in [0.25, 0.3) is 0 Å². The molecular formula is C15H12N6OS. The van der Waals surface area contributed by atoms with Crippen LogP contribution in [0.5, 0.6) is 0 Å². The molecule has 0 aliphatic rings. The first-order valence-corrected chi connectivity index (χ1v) is 8.42. The molecule has 0 amide bonds. The van der Waals surface area contributed by atoms with Crippen LogP contribution in [0.2, 0.25) is 0 Å². The van der Waals surface area contributed by atoms with Crippen molar-refractivity contribution in [1.29, 1.82) is 0 Å². The maximum atomic E-state index is 11.6. The third-order valence-electron chi connectivity index (χ3n) is 3.43. The third kappa shape index (κ3) is 2.53. The number of fused-ring (bicyclic) bond motifs is 2. The van der Waals surface area contributed by atoms with E-state index in [1.165, 1.54) is 12.6 Å². The van der Waals surface area contributed by atoms with Gasteiger partial charge in [-0.1, -0.05) is 0 Å². The lowest BCUT2D eigenvalue weighted by Gasteiger charge is -2.08. The number of rotatable bonds is 3. The van der Waals surface area contributed by atoms with Crippen LogP contribution in [-0.4, -0.2) is 35.4 Å². The number of H-pyrrole nitrogens is 1. The Morgan fingerprint density at radius 2 is 2.09 bits per heavy atom. The fraction of sp³-hybridized carbons (Fsp3) is 0.0667. The average molecular weight is 324 g/mol. The molecule has 7 nitrogen and oxygen atoms in total. The fourth-order valence-electron chi connectivity index (χ4n) is 2.34. The lowest BCUT2D eigenvalue weighted by Crippen LogP contribution is -2.02. The van der Waals surface area contributed by atoms with Crippen molar-refractivity contribution in [2.75, 3.05) is 11.6 Å². The van der Waals surface area contributed by atoms with E-state index in [0.717, 1.165) is 16.6 Å². The summed E-state index contributed by atoms with van der Waals surface area (Å²) in [5, 5.41) is 4.60. The molecule has 0 fully saturated rings. The van der Waals surface area contributed by atoms with Crippen molar-refractivity contribution >= 4 is 44.2 Å². The molecule has 1 atom stereocenters. The Morgan fingerprint density at radius 3 is 2.96 bits per heavy atom. The second-order valence-electron chi connectivity index (χ2n) is 4.97. The van der Waals surface area contributed by atoms with Gasteiger partial charge in [0, 0.05) is 29.0 Å². The van der Waals surface area contributed by atoms with Crippen molar-refractivity contribution in [3.05, 3.63) is 43.0 Å². The molecule has 8 heteroatoms. The van der Waals surface area contributed by atoms with Gasteiger partial charge in [-0.3, -0.25) is 4.21 Å². The number of hydrogen-bond donors (Lipinski definition) is 2. The minimum absolute atomic E-state index is 0.261. The Balaban J connectivity index is 1.80. The van der Waals surface area contributed by atoms with Crippen LogP contribution < -0.4 is 5.32 Å². The number of nitrogens with zero attached hydrogens (tertiary/aromatic N) is 4. The van der Waals surface area contributed by atoms with E-state index >= 15 is 0 Å². The number of aromatic nitrogens is 5. The Hall–Kier alpha value is -2.87. The summed E-state index contributed by atoms with van der Waals surface area (Å²) in [6, 6.07) is 7.95. The molecule has 2 N–H and O–H groups in total. The van der Waals surface area contributed by atoms with Crippen LogP contribution in [0.3, 0.4) is 0 Å². The predicted octanol–water partition coefficient (Wildman–Crippen LogP) is 2.38. The molecule has 0 saturated heterocycles. The van der Waals surface area contributed by atoms with Gasteiger partial charge in [-0.15, -0.1) is 0 Å². The number of anilines is 2. The molecule has 0 radical (unpaired) electrons. The number of nitrogens with one attached hydrogen (secondary N) is 2. The summed E-state index contributed by atoms with van der Waals surface area (Å²) in [6.07, 6.45) is 6.44. The highest BCUT2D eigenvalue weighted by Gasteiger charge is 2.10. The smallest absolute Gasteiger partial charge is 0.218 e. The Labute approximate surface area is 133 Å². The van der Waals surface area contributed by atoms with Gasteiger partial charge in [0.05, 0.1) is 17.0 Å². The molecule has 3 heterocycles. The molecular weight excluding hydrogens is 312 g/mol. The maximum absolute atomic E-state index is 11.6. The summed E-state index contributed by atoms with van der Waals surface area (Å²) in [5.41, 5.74) is 3.09. The topological polar surface area (TPSA) is 96.5 Å².